The molecule has 0 bridgehead atoms. The molecule has 0 rings (SSSR count). The zero-order chi connectivity index (χ0) is 12.2. The Morgan fingerprint density at radius 3 is 1.67 bits per heavy atom. The Morgan fingerprint density at radius 2 is 1.47 bits per heavy atom. The summed E-state index contributed by atoms with van der Waals surface area (Å²) in [7, 11) is 0. The van der Waals surface area contributed by atoms with Crippen LogP contribution in [0.25, 0.3) is 0 Å². The van der Waals surface area contributed by atoms with Gasteiger partial charge < -0.3 is 10.2 Å². The maximum absolute atomic E-state index is 10.9. The van der Waals surface area contributed by atoms with Crippen molar-refractivity contribution in [2.24, 2.45) is 11.8 Å². The fourth-order valence-electron chi connectivity index (χ4n) is 1.27. The van der Waals surface area contributed by atoms with Crippen LogP contribution in [0.15, 0.2) is 11.1 Å². The van der Waals surface area contributed by atoms with Crippen molar-refractivity contribution in [1.29, 1.82) is 5.26 Å². The lowest BCUT2D eigenvalue weighted by Crippen LogP contribution is -2.19. The van der Waals surface area contributed by atoms with Crippen LogP contribution in [-0.4, -0.2) is 22.2 Å². The number of nitriles is 1. The molecule has 2 N–H and O–H groups in total. The van der Waals surface area contributed by atoms with Gasteiger partial charge in [-0.05, 0) is 12.8 Å². The molecular weight excluding hydrogens is 198 g/mol. The van der Waals surface area contributed by atoms with Gasteiger partial charge in [-0.2, -0.15) is 5.26 Å². The van der Waals surface area contributed by atoms with Gasteiger partial charge in [0.25, 0.3) is 0 Å². The van der Waals surface area contributed by atoms with E-state index in [0.717, 1.165) is 0 Å². The molecule has 82 valence electrons. The summed E-state index contributed by atoms with van der Waals surface area (Å²) in [6, 6.07) is 1.73. The van der Waals surface area contributed by atoms with E-state index < -0.39 is 23.8 Å². The van der Waals surface area contributed by atoms with Gasteiger partial charge >= 0.3 is 11.9 Å². The number of carbonyl (C=O) groups is 2. The number of aliphatic carboxylic acids is 2. The number of hydrogen-bond donors (Lipinski definition) is 2. The summed E-state index contributed by atoms with van der Waals surface area (Å²) in [5.41, 5.74) is -0.545. The average Bonchev–Trinajstić information content (AvgIpc) is 2.10. The van der Waals surface area contributed by atoms with E-state index in [1.165, 1.54) is 6.92 Å². The first kappa shape index (κ1) is 13.2. The molecule has 0 saturated heterocycles. The quantitative estimate of drug-likeness (QED) is 0.682. The molecule has 0 spiro atoms. The average molecular weight is 211 g/mol. The molecule has 0 fully saturated rings. The molecule has 0 aliphatic carbocycles. The maximum Gasteiger partial charge on any atom is 0.333 e. The van der Waals surface area contributed by atoms with E-state index in [-0.39, 0.29) is 11.1 Å². The van der Waals surface area contributed by atoms with Gasteiger partial charge in [0.05, 0.1) is 23.1 Å². The van der Waals surface area contributed by atoms with Gasteiger partial charge in [0, 0.05) is 0 Å². The minimum Gasteiger partial charge on any atom is -0.478 e. The van der Waals surface area contributed by atoms with Crippen LogP contribution in [0.2, 0.25) is 0 Å². The molecule has 1 unspecified atom stereocenters. The lowest BCUT2D eigenvalue weighted by molar-refractivity contribution is -0.136. The van der Waals surface area contributed by atoms with Crippen LogP contribution < -0.4 is 0 Å². The number of carboxylic acid groups (broad SMARTS) is 2. The van der Waals surface area contributed by atoms with Crippen molar-refractivity contribution in [2.45, 2.75) is 20.8 Å². The molecule has 5 heteroatoms. The number of hydrogen-bond acceptors (Lipinski definition) is 3. The Bertz CT molecular complexity index is 349. The predicted octanol–water partition coefficient (Wildman–Crippen LogP) is 1.27. The van der Waals surface area contributed by atoms with Crippen molar-refractivity contribution in [2.75, 3.05) is 0 Å². The second-order valence-corrected chi connectivity index (χ2v) is 3.44. The summed E-state index contributed by atoms with van der Waals surface area (Å²) in [5, 5.41) is 26.4. The van der Waals surface area contributed by atoms with Crippen molar-refractivity contribution in [3.8, 4) is 6.07 Å². The van der Waals surface area contributed by atoms with Crippen LogP contribution in [0.3, 0.4) is 0 Å². The molecule has 0 amide bonds. The van der Waals surface area contributed by atoms with Crippen molar-refractivity contribution in [1.82, 2.24) is 0 Å². The molecule has 15 heavy (non-hydrogen) atoms. The molecule has 0 aromatic rings. The second-order valence-electron chi connectivity index (χ2n) is 3.44. The van der Waals surface area contributed by atoms with Crippen LogP contribution in [0.5, 0.6) is 0 Å². The molecule has 0 radical (unpaired) electrons. The summed E-state index contributed by atoms with van der Waals surface area (Å²) >= 11 is 0. The van der Waals surface area contributed by atoms with Gasteiger partial charge in [-0.1, -0.05) is 13.8 Å². The fraction of sp³-hybridized carbons (Fsp3) is 0.500. The first-order valence-corrected chi connectivity index (χ1v) is 4.43. The summed E-state index contributed by atoms with van der Waals surface area (Å²) in [4.78, 5) is 21.8. The van der Waals surface area contributed by atoms with Crippen molar-refractivity contribution < 1.29 is 19.8 Å². The second kappa shape index (κ2) is 5.15. The molecule has 5 nitrogen and oxygen atoms in total. The zero-order valence-electron chi connectivity index (χ0n) is 8.81. The normalized spacial score (nSPS) is 14.1. The number of rotatable bonds is 4. The third-order valence-corrected chi connectivity index (χ3v) is 1.95. The summed E-state index contributed by atoms with van der Waals surface area (Å²) in [6.45, 7) is 4.53. The van der Waals surface area contributed by atoms with Gasteiger partial charge in [0.15, 0.2) is 0 Å². The van der Waals surface area contributed by atoms with E-state index in [0.29, 0.717) is 0 Å². The van der Waals surface area contributed by atoms with Crippen LogP contribution in [-0.2, 0) is 9.59 Å². The van der Waals surface area contributed by atoms with Crippen LogP contribution >= 0.6 is 0 Å². The molecule has 0 saturated carbocycles. The van der Waals surface area contributed by atoms with Crippen LogP contribution in [0.1, 0.15) is 20.8 Å². The summed E-state index contributed by atoms with van der Waals surface area (Å²) in [6.07, 6.45) is 0. The van der Waals surface area contributed by atoms with Gasteiger partial charge in [0.2, 0.25) is 0 Å². The highest BCUT2D eigenvalue weighted by molar-refractivity contribution is 5.99. The highest BCUT2D eigenvalue weighted by atomic mass is 16.4. The van der Waals surface area contributed by atoms with Crippen molar-refractivity contribution in [3.63, 3.8) is 0 Å². The largest absolute Gasteiger partial charge is 0.478 e. The highest BCUT2D eigenvalue weighted by Crippen LogP contribution is 2.21. The molecule has 0 heterocycles. The monoisotopic (exact) mass is 211 g/mol. The first-order chi connectivity index (χ1) is 6.82. The Balaban J connectivity index is 5.70. The molecule has 0 aliphatic heterocycles. The SMILES string of the molecule is CC(C)/C(C(=O)O)=C(\C(=O)O)C(C)C#N. The number of nitrogens with zero attached hydrogens (tertiary/aromatic N) is 1. The lowest BCUT2D eigenvalue weighted by atomic mass is 9.90. The molecular formula is C10H13NO4. The lowest BCUT2D eigenvalue weighted by Gasteiger charge is -2.12. The van der Waals surface area contributed by atoms with Crippen molar-refractivity contribution >= 4 is 11.9 Å². The Morgan fingerprint density at radius 1 is 1.07 bits per heavy atom. The van der Waals surface area contributed by atoms with E-state index in [1.54, 1.807) is 19.9 Å². The molecule has 0 aliphatic rings. The Hall–Kier alpha value is -1.83. The van der Waals surface area contributed by atoms with Gasteiger partial charge in [-0.3, -0.25) is 0 Å². The van der Waals surface area contributed by atoms with Crippen LogP contribution in [0, 0.1) is 23.2 Å². The maximum atomic E-state index is 10.9. The minimum absolute atomic E-state index is 0.212. The summed E-state index contributed by atoms with van der Waals surface area (Å²) < 4.78 is 0. The topological polar surface area (TPSA) is 98.4 Å². The van der Waals surface area contributed by atoms with Gasteiger partial charge in [-0.15, -0.1) is 0 Å². The van der Waals surface area contributed by atoms with Gasteiger partial charge in [-0.25, -0.2) is 9.59 Å². The smallest absolute Gasteiger partial charge is 0.333 e. The summed E-state index contributed by atoms with van der Waals surface area (Å²) in [5.74, 6) is -4.01. The molecule has 1 atom stereocenters. The molecule has 0 aromatic carbocycles. The Labute approximate surface area is 87.6 Å². The van der Waals surface area contributed by atoms with E-state index in [4.69, 9.17) is 15.5 Å². The fourth-order valence-corrected chi connectivity index (χ4v) is 1.27. The predicted molar refractivity (Wildman–Crippen MR) is 51.9 cm³/mol. The first-order valence-electron chi connectivity index (χ1n) is 4.43. The van der Waals surface area contributed by atoms with Gasteiger partial charge in [0.1, 0.15) is 0 Å². The van der Waals surface area contributed by atoms with Crippen molar-refractivity contribution in [3.05, 3.63) is 11.1 Å². The standard InChI is InChI=1S/C10H13NO4/c1-5(2)7(9(12)13)8(10(14)15)6(3)4-11/h5-6H,1-3H3,(H,12,13)(H,14,15)/b8-7+. The Kier molecular flexibility index (Phi) is 4.52. The van der Waals surface area contributed by atoms with E-state index in [2.05, 4.69) is 0 Å². The zero-order valence-corrected chi connectivity index (χ0v) is 8.81. The highest BCUT2D eigenvalue weighted by Gasteiger charge is 2.26. The molecule has 0 aromatic heterocycles. The van der Waals surface area contributed by atoms with E-state index >= 15 is 0 Å². The van der Waals surface area contributed by atoms with E-state index in [1.807, 2.05) is 0 Å². The van der Waals surface area contributed by atoms with E-state index in [9.17, 15) is 9.59 Å². The van der Waals surface area contributed by atoms with Crippen LogP contribution in [0.4, 0.5) is 0 Å². The minimum atomic E-state index is -1.35. The third kappa shape index (κ3) is 3.09. The number of carboxylic acids is 2. The third-order valence-electron chi connectivity index (χ3n) is 1.95.